The fraction of sp³-hybridized carbons (Fsp3) is 0.889. The van der Waals surface area contributed by atoms with Gasteiger partial charge in [0.2, 0.25) is 0 Å². The molecule has 78 valence electrons. The summed E-state index contributed by atoms with van der Waals surface area (Å²) in [6.07, 6.45) is 2.39. The number of aliphatic carboxylic acids is 1. The smallest absolute Gasteiger partial charge is 0.303 e. The Morgan fingerprint density at radius 3 is 2.38 bits per heavy atom. The van der Waals surface area contributed by atoms with E-state index in [9.17, 15) is 4.79 Å². The Morgan fingerprint density at radius 1 is 1.54 bits per heavy atom. The zero-order chi connectivity index (χ0) is 10.1. The largest absolute Gasteiger partial charge is 0.481 e. The molecule has 1 aliphatic rings. The van der Waals surface area contributed by atoms with Gasteiger partial charge in [0.15, 0.2) is 0 Å². The summed E-state index contributed by atoms with van der Waals surface area (Å²) in [6.45, 7) is 3.86. The highest BCUT2D eigenvalue weighted by molar-refractivity contribution is 6.17. The maximum Gasteiger partial charge on any atom is 0.303 e. The molecule has 1 rings (SSSR count). The lowest BCUT2D eigenvalue weighted by molar-refractivity contribution is -0.138. The van der Waals surface area contributed by atoms with Crippen molar-refractivity contribution in [3.8, 4) is 0 Å². The third kappa shape index (κ3) is 8.06. The second-order valence-electron chi connectivity index (χ2n) is 3.06. The molecule has 1 saturated heterocycles. The number of halogens is 1. The lowest BCUT2D eigenvalue weighted by Gasteiger charge is -2.20. The number of carboxylic acids is 1. The van der Waals surface area contributed by atoms with Crippen LogP contribution >= 0.6 is 11.6 Å². The number of piperidine rings is 1. The molecule has 2 N–H and O–H groups in total. The lowest BCUT2D eigenvalue weighted by Crippen LogP contribution is -2.28. The second-order valence-corrected chi connectivity index (χ2v) is 3.59. The van der Waals surface area contributed by atoms with Gasteiger partial charge in [0, 0.05) is 12.3 Å². The summed E-state index contributed by atoms with van der Waals surface area (Å²) in [7, 11) is 0. The first kappa shape index (κ1) is 12.7. The maximum absolute atomic E-state index is 10.2. The molecule has 0 bridgehead atoms. The normalized spacial score (nSPS) is 17.4. The van der Waals surface area contributed by atoms with Crippen molar-refractivity contribution < 1.29 is 9.90 Å². The Balaban J connectivity index is 0.000000424. The molecule has 0 spiro atoms. The van der Waals surface area contributed by atoms with Gasteiger partial charge < -0.3 is 10.4 Å². The van der Waals surface area contributed by atoms with Crippen molar-refractivity contribution in [2.45, 2.75) is 26.2 Å². The van der Waals surface area contributed by atoms with Crippen molar-refractivity contribution in [1.82, 2.24) is 5.32 Å². The van der Waals surface area contributed by atoms with E-state index in [4.69, 9.17) is 16.7 Å². The average molecular weight is 208 g/mol. The first-order valence-electron chi connectivity index (χ1n) is 4.69. The number of rotatable bonds is 2. The number of carbonyl (C=O) groups is 1. The fourth-order valence-electron chi connectivity index (χ4n) is 1.33. The summed E-state index contributed by atoms with van der Waals surface area (Å²) < 4.78 is 0. The molecule has 1 fully saturated rings. The van der Waals surface area contributed by atoms with Gasteiger partial charge in [0.25, 0.3) is 0 Å². The van der Waals surface area contributed by atoms with E-state index >= 15 is 0 Å². The number of hydrogen-bond donors (Lipinski definition) is 2. The standard InChI is InChI=1S/C7H13NO2.C2H5Cl/c9-7(10)5-6-1-3-8-4-2-6;1-2-3/h6,8H,1-5H2,(H,9,10);2H2,1H3. The zero-order valence-electron chi connectivity index (χ0n) is 8.05. The molecule has 0 unspecified atom stereocenters. The highest BCUT2D eigenvalue weighted by Gasteiger charge is 2.15. The molecular weight excluding hydrogens is 190 g/mol. The van der Waals surface area contributed by atoms with Crippen molar-refractivity contribution in [2.24, 2.45) is 5.92 Å². The lowest BCUT2D eigenvalue weighted by atomic mass is 9.95. The highest BCUT2D eigenvalue weighted by Crippen LogP contribution is 2.14. The molecule has 1 aliphatic heterocycles. The van der Waals surface area contributed by atoms with Gasteiger partial charge >= 0.3 is 5.97 Å². The van der Waals surface area contributed by atoms with Gasteiger partial charge in [-0.1, -0.05) is 6.92 Å². The van der Waals surface area contributed by atoms with Crippen LogP contribution in [0.4, 0.5) is 0 Å². The first-order valence-corrected chi connectivity index (χ1v) is 5.22. The molecule has 0 radical (unpaired) electrons. The minimum atomic E-state index is -0.660. The van der Waals surface area contributed by atoms with Crippen LogP contribution in [0.1, 0.15) is 26.2 Å². The van der Waals surface area contributed by atoms with Crippen molar-refractivity contribution in [3.05, 3.63) is 0 Å². The van der Waals surface area contributed by atoms with Crippen molar-refractivity contribution in [1.29, 1.82) is 0 Å². The predicted octanol–water partition coefficient (Wildman–Crippen LogP) is 1.71. The number of carboxylic acid groups (broad SMARTS) is 1. The third-order valence-electron chi connectivity index (χ3n) is 1.92. The molecule has 0 saturated carbocycles. The van der Waals surface area contributed by atoms with Crippen molar-refractivity contribution in [3.63, 3.8) is 0 Å². The van der Waals surface area contributed by atoms with Crippen LogP contribution in [0.3, 0.4) is 0 Å². The molecule has 0 aliphatic carbocycles. The van der Waals surface area contributed by atoms with Crippen LogP contribution in [-0.4, -0.2) is 30.0 Å². The van der Waals surface area contributed by atoms with Gasteiger partial charge in [-0.25, -0.2) is 0 Å². The second kappa shape index (κ2) is 8.32. The minimum Gasteiger partial charge on any atom is -0.481 e. The molecule has 0 atom stereocenters. The van der Waals surface area contributed by atoms with E-state index in [1.807, 2.05) is 6.92 Å². The van der Waals surface area contributed by atoms with E-state index < -0.39 is 5.97 Å². The van der Waals surface area contributed by atoms with Crippen LogP contribution in [0.5, 0.6) is 0 Å². The molecule has 0 aromatic rings. The maximum atomic E-state index is 10.2. The van der Waals surface area contributed by atoms with E-state index in [0.717, 1.165) is 31.8 Å². The molecule has 1 heterocycles. The average Bonchev–Trinajstić information content (AvgIpc) is 2.06. The SMILES string of the molecule is CCCl.O=C(O)CC1CCNCC1. The van der Waals surface area contributed by atoms with Gasteiger partial charge in [0.1, 0.15) is 0 Å². The molecule has 0 aromatic carbocycles. The van der Waals surface area contributed by atoms with Crippen molar-refractivity contribution >= 4 is 17.6 Å². The number of hydrogen-bond acceptors (Lipinski definition) is 2. The van der Waals surface area contributed by atoms with Gasteiger partial charge in [-0.05, 0) is 31.8 Å². The van der Waals surface area contributed by atoms with Crippen LogP contribution in [0.15, 0.2) is 0 Å². The molecule has 0 aromatic heterocycles. The monoisotopic (exact) mass is 207 g/mol. The van der Waals surface area contributed by atoms with Crippen molar-refractivity contribution in [2.75, 3.05) is 19.0 Å². The predicted molar refractivity (Wildman–Crippen MR) is 54.2 cm³/mol. The van der Waals surface area contributed by atoms with Crippen LogP contribution < -0.4 is 5.32 Å². The van der Waals surface area contributed by atoms with Crippen LogP contribution in [0.2, 0.25) is 0 Å². The fourth-order valence-corrected chi connectivity index (χ4v) is 1.33. The topological polar surface area (TPSA) is 49.3 Å². The summed E-state index contributed by atoms with van der Waals surface area (Å²) in [4.78, 5) is 10.2. The Kier molecular flexibility index (Phi) is 8.14. The quantitative estimate of drug-likeness (QED) is 0.678. The van der Waals surface area contributed by atoms with E-state index in [0.29, 0.717) is 12.3 Å². The highest BCUT2D eigenvalue weighted by atomic mass is 35.5. The Labute approximate surface area is 84.5 Å². The van der Waals surface area contributed by atoms with Crippen LogP contribution in [-0.2, 0) is 4.79 Å². The molecule has 13 heavy (non-hydrogen) atoms. The number of nitrogens with one attached hydrogen (secondary N) is 1. The Morgan fingerprint density at radius 2 is 2.00 bits per heavy atom. The van der Waals surface area contributed by atoms with Gasteiger partial charge in [0.05, 0.1) is 0 Å². The molecule has 4 heteroatoms. The third-order valence-corrected chi connectivity index (χ3v) is 1.92. The molecule has 0 amide bonds. The first-order chi connectivity index (χ1) is 6.20. The van der Waals surface area contributed by atoms with E-state index in [2.05, 4.69) is 5.32 Å². The van der Waals surface area contributed by atoms with E-state index in [-0.39, 0.29) is 0 Å². The molecule has 3 nitrogen and oxygen atoms in total. The Bertz CT molecular complexity index is 136. The van der Waals surface area contributed by atoms with E-state index in [1.54, 1.807) is 0 Å². The number of alkyl halides is 1. The summed E-state index contributed by atoms with van der Waals surface area (Å²) in [5.41, 5.74) is 0. The zero-order valence-corrected chi connectivity index (χ0v) is 8.81. The van der Waals surface area contributed by atoms with Crippen LogP contribution in [0, 0.1) is 5.92 Å². The minimum absolute atomic E-state index is 0.349. The van der Waals surface area contributed by atoms with Crippen LogP contribution in [0.25, 0.3) is 0 Å². The Hall–Kier alpha value is -0.280. The summed E-state index contributed by atoms with van der Waals surface area (Å²) >= 11 is 5.00. The van der Waals surface area contributed by atoms with Gasteiger partial charge in [-0.15, -0.1) is 11.6 Å². The summed E-state index contributed by atoms with van der Waals surface area (Å²) in [5.74, 6) is 0.477. The van der Waals surface area contributed by atoms with Gasteiger partial charge in [-0.3, -0.25) is 4.79 Å². The summed E-state index contributed by atoms with van der Waals surface area (Å²) in [5, 5.41) is 11.6. The van der Waals surface area contributed by atoms with Gasteiger partial charge in [-0.2, -0.15) is 0 Å². The molecular formula is C9H18ClNO2. The van der Waals surface area contributed by atoms with E-state index in [1.165, 1.54) is 0 Å². The summed E-state index contributed by atoms with van der Waals surface area (Å²) in [6, 6.07) is 0.